The van der Waals surface area contributed by atoms with E-state index in [-0.39, 0.29) is 23.7 Å². The van der Waals surface area contributed by atoms with Crippen LogP contribution in [-0.4, -0.2) is 61.2 Å². The van der Waals surface area contributed by atoms with Crippen molar-refractivity contribution in [3.05, 3.63) is 71.6 Å². The number of imide groups is 1. The molecule has 0 saturated carbocycles. The van der Waals surface area contributed by atoms with Gasteiger partial charge in [0.2, 0.25) is 0 Å². The minimum Gasteiger partial charge on any atom is -0.345 e. The van der Waals surface area contributed by atoms with Crippen molar-refractivity contribution in [2.24, 2.45) is 5.92 Å². The first-order valence-corrected chi connectivity index (χ1v) is 13.8. The number of nitrogens with one attached hydrogen (secondary N) is 1. The van der Waals surface area contributed by atoms with Gasteiger partial charge in [-0.2, -0.15) is 0 Å². The Labute approximate surface area is 229 Å². The number of hydrogen-bond acceptors (Lipinski definition) is 4. The highest BCUT2D eigenvalue weighted by Crippen LogP contribution is 2.38. The van der Waals surface area contributed by atoms with E-state index >= 15 is 4.39 Å². The molecule has 204 valence electrons. The van der Waals surface area contributed by atoms with Gasteiger partial charge in [0.05, 0.1) is 28.6 Å². The highest BCUT2D eigenvalue weighted by molar-refractivity contribution is 6.49. The molecule has 9 nitrogen and oxygen atoms in total. The van der Waals surface area contributed by atoms with E-state index in [0.717, 1.165) is 37.9 Å². The molecular formula is C30H29FN6O3. The molecule has 0 atom stereocenters. The third-order valence-corrected chi connectivity index (χ3v) is 8.59. The number of benzene rings is 1. The molecule has 0 unspecified atom stereocenters. The molecule has 40 heavy (non-hydrogen) atoms. The van der Waals surface area contributed by atoms with Crippen molar-refractivity contribution in [1.82, 2.24) is 29.1 Å². The molecule has 3 aliphatic heterocycles. The van der Waals surface area contributed by atoms with Gasteiger partial charge >= 0.3 is 6.03 Å². The maximum absolute atomic E-state index is 15.1. The third-order valence-electron chi connectivity index (χ3n) is 8.59. The molecule has 0 aliphatic carbocycles. The summed E-state index contributed by atoms with van der Waals surface area (Å²) in [5, 5.41) is 2.97. The monoisotopic (exact) mass is 540 g/mol. The van der Waals surface area contributed by atoms with Crippen LogP contribution in [0.1, 0.15) is 43.0 Å². The second-order valence-electron chi connectivity index (χ2n) is 10.8. The molecule has 3 aliphatic rings. The largest absolute Gasteiger partial charge is 0.345 e. The minimum atomic E-state index is -0.528. The lowest BCUT2D eigenvalue weighted by Crippen LogP contribution is -2.46. The number of nitrogens with zero attached hydrogens (tertiary/aromatic N) is 5. The summed E-state index contributed by atoms with van der Waals surface area (Å²) < 4.78 is 18.8. The van der Waals surface area contributed by atoms with Crippen molar-refractivity contribution >= 4 is 45.5 Å². The lowest BCUT2D eigenvalue weighted by atomic mass is 9.95. The molecule has 1 N–H and O–H groups in total. The number of carbonyl (C=O) groups is 3. The average Bonchev–Trinajstić information content (AvgIpc) is 3.58. The molecule has 0 bridgehead atoms. The lowest BCUT2D eigenvalue weighted by Gasteiger charge is -2.35. The van der Waals surface area contributed by atoms with E-state index in [1.165, 1.54) is 12.1 Å². The number of amides is 4. The number of urea groups is 1. The Morgan fingerprint density at radius 2 is 1.85 bits per heavy atom. The summed E-state index contributed by atoms with van der Waals surface area (Å²) in [6.07, 6.45) is 8.32. The van der Waals surface area contributed by atoms with Crippen LogP contribution in [0.2, 0.25) is 0 Å². The van der Waals surface area contributed by atoms with Gasteiger partial charge in [0.1, 0.15) is 11.5 Å². The van der Waals surface area contributed by atoms with E-state index in [1.807, 2.05) is 33.9 Å². The van der Waals surface area contributed by atoms with Crippen LogP contribution in [0.25, 0.3) is 27.7 Å². The molecule has 1 saturated heterocycles. The standard InChI is InChI=1S/C30H29FN6O3/c1-2-18-6-9-34(10-7-18)30(40)36-12-11-35-17-22(21-14-20(31)13-19(16-36)27(21)35)25-26(29(39)33-28(25)38)23-15-32-24-5-3-4-8-37(23)24/h3-5,8,13-15,17-18H,2,6-7,9-12,16H2,1H3,(H,33,38,39). The second-order valence-corrected chi connectivity index (χ2v) is 10.8. The summed E-state index contributed by atoms with van der Waals surface area (Å²) in [6, 6.07) is 8.35. The number of likely N-dealkylation sites (tertiary alicyclic amines) is 1. The zero-order valence-corrected chi connectivity index (χ0v) is 22.2. The summed E-state index contributed by atoms with van der Waals surface area (Å²) in [5.74, 6) is -0.838. The van der Waals surface area contributed by atoms with Crippen molar-refractivity contribution in [1.29, 1.82) is 0 Å². The number of imidazole rings is 1. The molecule has 0 spiro atoms. The van der Waals surface area contributed by atoms with Gasteiger partial charge < -0.3 is 14.4 Å². The van der Waals surface area contributed by atoms with Gasteiger partial charge in [-0.05, 0) is 48.6 Å². The topological polar surface area (TPSA) is 91.9 Å². The van der Waals surface area contributed by atoms with Crippen LogP contribution in [0.5, 0.6) is 0 Å². The van der Waals surface area contributed by atoms with E-state index in [1.54, 1.807) is 21.7 Å². The zero-order valence-electron chi connectivity index (χ0n) is 22.2. The molecule has 1 fully saturated rings. The summed E-state index contributed by atoms with van der Waals surface area (Å²) >= 11 is 0. The van der Waals surface area contributed by atoms with Crippen molar-refractivity contribution in [3.8, 4) is 0 Å². The molecule has 3 aromatic heterocycles. The fourth-order valence-electron chi connectivity index (χ4n) is 6.47. The Kier molecular flexibility index (Phi) is 5.72. The molecule has 6 heterocycles. The number of hydrogen-bond donors (Lipinski definition) is 1. The maximum atomic E-state index is 15.1. The highest BCUT2D eigenvalue weighted by Gasteiger charge is 2.36. The van der Waals surface area contributed by atoms with E-state index in [4.69, 9.17) is 0 Å². The van der Waals surface area contributed by atoms with E-state index < -0.39 is 17.6 Å². The predicted molar refractivity (Wildman–Crippen MR) is 147 cm³/mol. The molecule has 0 radical (unpaired) electrons. The van der Waals surface area contributed by atoms with Gasteiger partial charge in [-0.3, -0.25) is 19.3 Å². The number of fused-ring (bicyclic) bond motifs is 1. The van der Waals surface area contributed by atoms with Gasteiger partial charge in [0, 0.05) is 56.1 Å². The van der Waals surface area contributed by atoms with Crippen LogP contribution in [0.15, 0.2) is 48.9 Å². The van der Waals surface area contributed by atoms with Crippen LogP contribution in [0, 0.1) is 11.7 Å². The first-order chi connectivity index (χ1) is 19.4. The summed E-state index contributed by atoms with van der Waals surface area (Å²) in [6.45, 7) is 4.89. The van der Waals surface area contributed by atoms with Crippen LogP contribution in [0.4, 0.5) is 9.18 Å². The Morgan fingerprint density at radius 1 is 1.05 bits per heavy atom. The Morgan fingerprint density at radius 3 is 2.65 bits per heavy atom. The van der Waals surface area contributed by atoms with Gasteiger partial charge in [0.15, 0.2) is 0 Å². The molecule has 7 rings (SSSR count). The van der Waals surface area contributed by atoms with Crippen LogP contribution >= 0.6 is 0 Å². The van der Waals surface area contributed by atoms with Crippen molar-refractivity contribution < 1.29 is 18.8 Å². The summed E-state index contributed by atoms with van der Waals surface area (Å²) in [4.78, 5) is 47.8. The Balaban J connectivity index is 1.31. The number of rotatable bonds is 3. The molecule has 10 heteroatoms. The van der Waals surface area contributed by atoms with Gasteiger partial charge in [-0.15, -0.1) is 0 Å². The molecule has 4 amide bonds. The fraction of sp³-hybridized carbons (Fsp3) is 0.333. The third kappa shape index (κ3) is 3.81. The van der Waals surface area contributed by atoms with E-state index in [2.05, 4.69) is 17.2 Å². The van der Waals surface area contributed by atoms with E-state index in [0.29, 0.717) is 46.9 Å². The van der Waals surface area contributed by atoms with Crippen LogP contribution in [-0.2, 0) is 22.7 Å². The Hall–Kier alpha value is -4.47. The predicted octanol–water partition coefficient (Wildman–Crippen LogP) is 4.05. The van der Waals surface area contributed by atoms with Crippen molar-refractivity contribution in [2.75, 3.05) is 19.6 Å². The van der Waals surface area contributed by atoms with Crippen molar-refractivity contribution in [3.63, 3.8) is 0 Å². The van der Waals surface area contributed by atoms with E-state index in [9.17, 15) is 14.4 Å². The number of carbonyl (C=O) groups excluding carboxylic acids is 3. The maximum Gasteiger partial charge on any atom is 0.320 e. The normalized spacial score (nSPS) is 18.2. The number of pyridine rings is 1. The first kappa shape index (κ1) is 24.6. The highest BCUT2D eigenvalue weighted by atomic mass is 19.1. The van der Waals surface area contributed by atoms with Gasteiger partial charge in [-0.1, -0.05) is 19.4 Å². The summed E-state index contributed by atoms with van der Waals surface area (Å²) in [7, 11) is 0. The molecular weight excluding hydrogens is 511 g/mol. The number of piperidine rings is 1. The molecule has 1 aromatic carbocycles. The summed E-state index contributed by atoms with van der Waals surface area (Å²) in [5.41, 5.74) is 3.47. The number of halogens is 1. The number of aromatic nitrogens is 3. The lowest BCUT2D eigenvalue weighted by molar-refractivity contribution is -0.122. The SMILES string of the molecule is CCC1CCN(C(=O)N2CCn3cc(C4=C(c5cnc6ccccn56)C(=O)NC4=O)c4cc(F)cc(c43)C2)CC1. The minimum absolute atomic E-state index is 0.0173. The van der Waals surface area contributed by atoms with Crippen LogP contribution in [0.3, 0.4) is 0 Å². The van der Waals surface area contributed by atoms with Gasteiger partial charge in [-0.25, -0.2) is 14.2 Å². The second kappa shape index (κ2) is 9.32. The smallest absolute Gasteiger partial charge is 0.320 e. The fourth-order valence-corrected chi connectivity index (χ4v) is 6.47. The van der Waals surface area contributed by atoms with Crippen LogP contribution < -0.4 is 5.32 Å². The Bertz CT molecular complexity index is 1740. The zero-order chi connectivity index (χ0) is 27.5. The van der Waals surface area contributed by atoms with Gasteiger partial charge in [0.25, 0.3) is 11.8 Å². The average molecular weight is 541 g/mol. The molecule has 4 aromatic rings. The van der Waals surface area contributed by atoms with Crippen molar-refractivity contribution in [2.45, 2.75) is 39.3 Å². The first-order valence-electron chi connectivity index (χ1n) is 13.8. The quantitative estimate of drug-likeness (QED) is 0.397.